The fourth-order valence-electron chi connectivity index (χ4n) is 1.66. The van der Waals surface area contributed by atoms with E-state index in [1.54, 1.807) is 6.07 Å². The third-order valence-electron chi connectivity index (χ3n) is 2.69. The van der Waals surface area contributed by atoms with E-state index in [1.807, 2.05) is 0 Å². The third kappa shape index (κ3) is 3.74. The minimum Gasteiger partial charge on any atom is -0.326 e. The predicted molar refractivity (Wildman–Crippen MR) is 84.3 cm³/mol. The zero-order chi connectivity index (χ0) is 15.6. The molecule has 0 heterocycles. The molecule has 0 unspecified atom stereocenters. The van der Waals surface area contributed by atoms with Gasteiger partial charge in [0.05, 0.1) is 10.7 Å². The Labute approximate surface area is 135 Å². The smallest absolute Gasteiger partial charge is 0.264 e. The van der Waals surface area contributed by atoms with Crippen molar-refractivity contribution in [2.24, 2.45) is 5.73 Å². The average molecular weight is 394 g/mol. The summed E-state index contributed by atoms with van der Waals surface area (Å²) in [5.74, 6) is -0.853. The van der Waals surface area contributed by atoms with Gasteiger partial charge in [-0.2, -0.15) is 0 Å². The van der Waals surface area contributed by atoms with Gasteiger partial charge < -0.3 is 5.73 Å². The summed E-state index contributed by atoms with van der Waals surface area (Å²) in [5, 5.41) is 0.342. The van der Waals surface area contributed by atoms with Crippen LogP contribution < -0.4 is 10.5 Å². The Kier molecular flexibility index (Phi) is 4.88. The van der Waals surface area contributed by atoms with Gasteiger partial charge in [0.1, 0.15) is 10.7 Å². The van der Waals surface area contributed by atoms with Gasteiger partial charge in [-0.15, -0.1) is 0 Å². The highest BCUT2D eigenvalue weighted by molar-refractivity contribution is 9.10. The van der Waals surface area contributed by atoms with E-state index in [9.17, 15) is 12.8 Å². The van der Waals surface area contributed by atoms with Crippen LogP contribution >= 0.6 is 27.5 Å². The van der Waals surface area contributed by atoms with Gasteiger partial charge in [-0.1, -0.05) is 17.7 Å². The lowest BCUT2D eigenvalue weighted by atomic mass is 10.2. The topological polar surface area (TPSA) is 72.2 Å². The highest BCUT2D eigenvalue weighted by atomic mass is 79.9. The van der Waals surface area contributed by atoms with Crippen LogP contribution in [0.1, 0.15) is 5.56 Å². The van der Waals surface area contributed by atoms with Crippen LogP contribution in [-0.4, -0.2) is 8.42 Å². The summed E-state index contributed by atoms with van der Waals surface area (Å²) in [5.41, 5.74) is 6.13. The summed E-state index contributed by atoms with van der Waals surface area (Å²) in [6, 6.07) is 8.28. The Morgan fingerprint density at radius 1 is 1.24 bits per heavy atom. The number of sulfonamides is 1. The maximum atomic E-state index is 13.9. The van der Waals surface area contributed by atoms with Crippen molar-refractivity contribution in [3.8, 4) is 0 Å². The lowest BCUT2D eigenvalue weighted by Gasteiger charge is -2.10. The molecule has 4 nitrogen and oxygen atoms in total. The number of rotatable bonds is 4. The van der Waals surface area contributed by atoms with Gasteiger partial charge in [0.25, 0.3) is 10.0 Å². The molecule has 0 amide bonds. The monoisotopic (exact) mass is 392 g/mol. The molecule has 0 spiro atoms. The first kappa shape index (κ1) is 16.2. The Hall–Kier alpha value is -1.15. The summed E-state index contributed by atoms with van der Waals surface area (Å²) in [4.78, 5) is -0.446. The summed E-state index contributed by atoms with van der Waals surface area (Å²) in [6.07, 6.45) is 0. The standard InChI is InChI=1S/C13H11BrClFN2O2S/c14-10-3-2-9(6-11(10)15)18-21(19,20)13-4-1-8(7-17)5-12(13)16/h1-6,18H,7,17H2. The molecule has 0 aliphatic carbocycles. The number of hydrogen-bond acceptors (Lipinski definition) is 3. The van der Waals surface area contributed by atoms with E-state index in [-0.39, 0.29) is 12.2 Å². The van der Waals surface area contributed by atoms with Crippen LogP contribution in [0.5, 0.6) is 0 Å². The highest BCUT2D eigenvalue weighted by Crippen LogP contribution is 2.27. The van der Waals surface area contributed by atoms with Gasteiger partial charge in [0, 0.05) is 11.0 Å². The Balaban J connectivity index is 2.36. The maximum Gasteiger partial charge on any atom is 0.264 e. The minimum absolute atomic E-state index is 0.132. The van der Waals surface area contributed by atoms with Crippen molar-refractivity contribution < 1.29 is 12.8 Å². The summed E-state index contributed by atoms with van der Waals surface area (Å²) in [7, 11) is -4.04. The molecule has 3 N–H and O–H groups in total. The second kappa shape index (κ2) is 6.31. The number of nitrogens with one attached hydrogen (secondary N) is 1. The van der Waals surface area contributed by atoms with Gasteiger partial charge in [0.2, 0.25) is 0 Å². The van der Waals surface area contributed by atoms with E-state index < -0.39 is 20.7 Å². The van der Waals surface area contributed by atoms with E-state index >= 15 is 0 Å². The molecule has 21 heavy (non-hydrogen) atoms. The molecule has 0 aliphatic heterocycles. The van der Waals surface area contributed by atoms with Crippen LogP contribution in [0.4, 0.5) is 10.1 Å². The van der Waals surface area contributed by atoms with Crippen molar-refractivity contribution in [1.29, 1.82) is 0 Å². The van der Waals surface area contributed by atoms with E-state index in [4.69, 9.17) is 17.3 Å². The fraction of sp³-hybridized carbons (Fsp3) is 0.0769. The number of anilines is 1. The Morgan fingerprint density at radius 3 is 2.52 bits per heavy atom. The zero-order valence-electron chi connectivity index (χ0n) is 10.6. The summed E-state index contributed by atoms with van der Waals surface area (Å²) < 4.78 is 41.1. The van der Waals surface area contributed by atoms with Gasteiger partial charge >= 0.3 is 0 Å². The van der Waals surface area contributed by atoms with Crippen LogP contribution in [0.2, 0.25) is 5.02 Å². The van der Waals surface area contributed by atoms with Gasteiger partial charge in [-0.25, -0.2) is 12.8 Å². The molecule has 0 aliphatic rings. The largest absolute Gasteiger partial charge is 0.326 e. The first-order valence-electron chi connectivity index (χ1n) is 5.80. The lowest BCUT2D eigenvalue weighted by Crippen LogP contribution is -2.15. The first-order chi connectivity index (χ1) is 9.83. The molecule has 0 saturated heterocycles. The molecule has 112 valence electrons. The molecule has 0 bridgehead atoms. The SMILES string of the molecule is NCc1ccc(S(=O)(=O)Nc2ccc(Br)c(Cl)c2)c(F)c1. The third-order valence-corrected chi connectivity index (χ3v) is 5.34. The quantitative estimate of drug-likeness (QED) is 0.835. The molecular weight excluding hydrogens is 383 g/mol. The number of halogens is 3. The maximum absolute atomic E-state index is 13.9. The van der Waals surface area contributed by atoms with Crippen molar-refractivity contribution in [2.75, 3.05) is 4.72 Å². The molecule has 0 fully saturated rings. The first-order valence-corrected chi connectivity index (χ1v) is 8.45. The molecule has 8 heteroatoms. The van der Waals surface area contributed by atoms with Gasteiger partial charge in [-0.05, 0) is 51.8 Å². The number of benzene rings is 2. The van der Waals surface area contributed by atoms with Crippen LogP contribution in [0.25, 0.3) is 0 Å². The molecule has 0 aromatic heterocycles. The molecule has 0 saturated carbocycles. The zero-order valence-corrected chi connectivity index (χ0v) is 13.8. The summed E-state index contributed by atoms with van der Waals surface area (Å²) >= 11 is 9.09. The van der Waals surface area contributed by atoms with E-state index in [0.717, 1.165) is 6.07 Å². The average Bonchev–Trinajstić information content (AvgIpc) is 2.42. The van der Waals surface area contributed by atoms with E-state index in [0.29, 0.717) is 15.1 Å². The van der Waals surface area contributed by atoms with Crippen LogP contribution in [0.15, 0.2) is 45.8 Å². The predicted octanol–water partition coefficient (Wildman–Crippen LogP) is 3.50. The highest BCUT2D eigenvalue weighted by Gasteiger charge is 2.19. The second-order valence-corrected chi connectivity index (χ2v) is 7.12. The molecular formula is C13H11BrClFN2O2S. The number of hydrogen-bond donors (Lipinski definition) is 2. The lowest BCUT2D eigenvalue weighted by molar-refractivity contribution is 0.569. The van der Waals surface area contributed by atoms with Gasteiger partial charge in [-0.3, -0.25) is 4.72 Å². The van der Waals surface area contributed by atoms with Crippen LogP contribution in [0.3, 0.4) is 0 Å². The van der Waals surface area contributed by atoms with Crippen molar-refractivity contribution in [1.82, 2.24) is 0 Å². The minimum atomic E-state index is -4.04. The van der Waals surface area contributed by atoms with Crippen molar-refractivity contribution in [3.63, 3.8) is 0 Å². The van der Waals surface area contributed by atoms with E-state index in [2.05, 4.69) is 20.7 Å². The van der Waals surface area contributed by atoms with Crippen LogP contribution in [-0.2, 0) is 16.6 Å². The summed E-state index contributed by atoms with van der Waals surface area (Å²) in [6.45, 7) is 0.132. The van der Waals surface area contributed by atoms with Crippen molar-refractivity contribution >= 4 is 43.2 Å². The molecule has 0 atom stereocenters. The number of nitrogens with two attached hydrogens (primary N) is 1. The van der Waals surface area contributed by atoms with Crippen molar-refractivity contribution in [3.05, 3.63) is 57.3 Å². The Bertz CT molecular complexity index is 784. The molecule has 2 rings (SSSR count). The van der Waals surface area contributed by atoms with Crippen LogP contribution in [0, 0.1) is 5.82 Å². The molecule has 0 radical (unpaired) electrons. The van der Waals surface area contributed by atoms with Gasteiger partial charge in [0.15, 0.2) is 0 Å². The van der Waals surface area contributed by atoms with E-state index in [1.165, 1.54) is 24.3 Å². The fourth-order valence-corrected chi connectivity index (χ4v) is 3.20. The van der Waals surface area contributed by atoms with Crippen molar-refractivity contribution in [2.45, 2.75) is 11.4 Å². The molecule has 2 aromatic carbocycles. The normalized spacial score (nSPS) is 11.4. The molecule has 2 aromatic rings. The second-order valence-electron chi connectivity index (χ2n) is 4.20. The Morgan fingerprint density at radius 2 is 1.95 bits per heavy atom.